The van der Waals surface area contributed by atoms with Crippen LogP contribution < -0.4 is 5.32 Å². The van der Waals surface area contributed by atoms with Crippen LogP contribution in [0.3, 0.4) is 0 Å². The number of aryl methyl sites for hydroxylation is 3. The third kappa shape index (κ3) is 5.39. The van der Waals surface area contributed by atoms with Gasteiger partial charge in [0.2, 0.25) is 5.91 Å². The van der Waals surface area contributed by atoms with Gasteiger partial charge in [0.1, 0.15) is 16.4 Å². The average molecular weight is 524 g/mol. The van der Waals surface area contributed by atoms with Crippen molar-refractivity contribution in [2.75, 3.05) is 18.2 Å². The highest BCUT2D eigenvalue weighted by Gasteiger charge is 2.24. The van der Waals surface area contributed by atoms with Gasteiger partial charge >= 0.3 is 5.97 Å². The van der Waals surface area contributed by atoms with E-state index < -0.39 is 5.97 Å². The van der Waals surface area contributed by atoms with Crippen LogP contribution in [-0.2, 0) is 29.5 Å². The van der Waals surface area contributed by atoms with Crippen molar-refractivity contribution in [2.45, 2.75) is 38.9 Å². The fraction of sp³-hybridized carbons (Fsp3) is 0.308. The molecule has 0 aliphatic heterocycles. The molecule has 36 heavy (non-hydrogen) atoms. The molecule has 3 heterocycles. The molecule has 4 aromatic rings. The van der Waals surface area contributed by atoms with Crippen molar-refractivity contribution >= 4 is 40.0 Å². The molecular formula is C26H29N5O3S2. The largest absolute Gasteiger partial charge is 0.465 e. The third-order valence-corrected chi connectivity index (χ3v) is 7.81. The van der Waals surface area contributed by atoms with Gasteiger partial charge in [0, 0.05) is 42.8 Å². The number of nitrogens with zero attached hydrogens (tertiary/aromatic N) is 4. The van der Waals surface area contributed by atoms with E-state index in [0.717, 1.165) is 33.8 Å². The molecule has 1 N–H and O–H groups in total. The van der Waals surface area contributed by atoms with Crippen LogP contribution in [0.2, 0.25) is 0 Å². The first-order chi connectivity index (χ1) is 17.3. The van der Waals surface area contributed by atoms with Crippen LogP contribution in [0.5, 0.6) is 0 Å². The summed E-state index contributed by atoms with van der Waals surface area (Å²) < 4.78 is 9.13. The highest BCUT2D eigenvalue weighted by Crippen LogP contribution is 2.38. The number of benzene rings is 1. The van der Waals surface area contributed by atoms with E-state index in [1.807, 2.05) is 68.2 Å². The maximum Gasteiger partial charge on any atom is 0.341 e. The van der Waals surface area contributed by atoms with Crippen LogP contribution >= 0.6 is 23.1 Å². The summed E-state index contributed by atoms with van der Waals surface area (Å²) in [5.74, 6) is 0.284. The molecule has 0 atom stereocenters. The van der Waals surface area contributed by atoms with E-state index in [9.17, 15) is 9.59 Å². The Bertz CT molecular complexity index is 1400. The number of methoxy groups -OCH3 is 1. The van der Waals surface area contributed by atoms with Crippen molar-refractivity contribution < 1.29 is 14.3 Å². The molecule has 8 nitrogen and oxygen atoms in total. The van der Waals surface area contributed by atoms with E-state index in [-0.39, 0.29) is 11.7 Å². The number of thioether (sulfide) groups is 1. The summed E-state index contributed by atoms with van der Waals surface area (Å²) in [6.07, 6.45) is 2.66. The Kier molecular flexibility index (Phi) is 7.95. The SMILES string of the molecule is CCn1c(Cc2cccn2C)nnc1SCC(=O)Nc1scc(-c2cc(C)ccc2C)c1C(=O)OC. The van der Waals surface area contributed by atoms with Gasteiger partial charge in [-0.25, -0.2) is 4.79 Å². The van der Waals surface area contributed by atoms with E-state index in [4.69, 9.17) is 4.74 Å². The van der Waals surface area contributed by atoms with Gasteiger partial charge in [-0.15, -0.1) is 21.5 Å². The van der Waals surface area contributed by atoms with E-state index in [2.05, 4.69) is 26.1 Å². The molecule has 0 saturated carbocycles. The van der Waals surface area contributed by atoms with E-state index >= 15 is 0 Å². The number of ether oxygens (including phenoxy) is 1. The maximum absolute atomic E-state index is 12.9. The van der Waals surface area contributed by atoms with E-state index in [1.54, 1.807) is 0 Å². The molecule has 3 aromatic heterocycles. The number of rotatable bonds is 9. The molecule has 0 aliphatic rings. The first-order valence-electron chi connectivity index (χ1n) is 11.5. The van der Waals surface area contributed by atoms with Gasteiger partial charge in [0.05, 0.1) is 12.9 Å². The summed E-state index contributed by atoms with van der Waals surface area (Å²) >= 11 is 2.64. The molecule has 0 bridgehead atoms. The number of carbonyl (C=O) groups is 2. The lowest BCUT2D eigenvalue weighted by Gasteiger charge is -2.10. The van der Waals surface area contributed by atoms with Crippen molar-refractivity contribution in [3.8, 4) is 11.1 Å². The molecule has 0 fully saturated rings. The predicted molar refractivity (Wildman–Crippen MR) is 144 cm³/mol. The van der Waals surface area contributed by atoms with Crippen LogP contribution in [0.25, 0.3) is 11.1 Å². The molecule has 1 amide bonds. The first kappa shape index (κ1) is 25.7. The van der Waals surface area contributed by atoms with Crippen molar-refractivity contribution in [3.63, 3.8) is 0 Å². The first-order valence-corrected chi connectivity index (χ1v) is 13.4. The number of aromatic nitrogens is 4. The van der Waals surface area contributed by atoms with Crippen LogP contribution in [0, 0.1) is 13.8 Å². The Labute approximate surface area is 218 Å². The Balaban J connectivity index is 1.50. The zero-order valence-corrected chi connectivity index (χ0v) is 22.6. The monoisotopic (exact) mass is 523 g/mol. The lowest BCUT2D eigenvalue weighted by molar-refractivity contribution is -0.113. The van der Waals surface area contributed by atoms with E-state index in [1.165, 1.54) is 30.2 Å². The Hall–Kier alpha value is -3.37. The third-order valence-electron chi connectivity index (χ3n) is 5.95. The smallest absolute Gasteiger partial charge is 0.341 e. The second kappa shape index (κ2) is 11.1. The second-order valence-corrected chi connectivity index (χ2v) is 10.3. The number of thiophene rings is 1. The number of esters is 1. The van der Waals surface area contributed by atoms with Crippen molar-refractivity contribution in [1.82, 2.24) is 19.3 Å². The zero-order chi connectivity index (χ0) is 25.8. The Morgan fingerprint density at radius 3 is 2.67 bits per heavy atom. The Morgan fingerprint density at radius 2 is 1.97 bits per heavy atom. The van der Waals surface area contributed by atoms with Gasteiger partial charge in [-0.05, 0) is 44.0 Å². The van der Waals surface area contributed by atoms with Gasteiger partial charge in [-0.2, -0.15) is 0 Å². The lowest BCUT2D eigenvalue weighted by Crippen LogP contribution is -2.16. The molecule has 0 radical (unpaired) electrons. The minimum atomic E-state index is -0.480. The van der Waals surface area contributed by atoms with Gasteiger partial charge in [0.15, 0.2) is 5.16 Å². The van der Waals surface area contributed by atoms with Crippen LogP contribution in [0.4, 0.5) is 5.00 Å². The summed E-state index contributed by atoms with van der Waals surface area (Å²) in [7, 11) is 3.35. The lowest BCUT2D eigenvalue weighted by atomic mass is 9.97. The van der Waals surface area contributed by atoms with Gasteiger partial charge in [-0.3, -0.25) is 4.79 Å². The summed E-state index contributed by atoms with van der Waals surface area (Å²) in [4.78, 5) is 25.6. The highest BCUT2D eigenvalue weighted by molar-refractivity contribution is 7.99. The molecule has 10 heteroatoms. The normalized spacial score (nSPS) is 11.0. The van der Waals surface area contributed by atoms with Gasteiger partial charge in [-0.1, -0.05) is 35.5 Å². The number of hydrogen-bond donors (Lipinski definition) is 1. The average Bonchev–Trinajstić information content (AvgIpc) is 3.57. The molecule has 1 aromatic carbocycles. The highest BCUT2D eigenvalue weighted by atomic mass is 32.2. The molecular weight excluding hydrogens is 494 g/mol. The number of carbonyl (C=O) groups excluding carboxylic acids is 2. The summed E-state index contributed by atoms with van der Waals surface area (Å²) in [6.45, 7) is 6.74. The fourth-order valence-electron chi connectivity index (χ4n) is 3.99. The van der Waals surface area contributed by atoms with E-state index in [0.29, 0.717) is 28.7 Å². The second-order valence-electron chi connectivity index (χ2n) is 8.43. The quantitative estimate of drug-likeness (QED) is 0.243. The van der Waals surface area contributed by atoms with Crippen molar-refractivity contribution in [2.24, 2.45) is 7.05 Å². The Morgan fingerprint density at radius 1 is 1.17 bits per heavy atom. The predicted octanol–water partition coefficient (Wildman–Crippen LogP) is 5.09. The minimum absolute atomic E-state index is 0.138. The molecule has 0 saturated heterocycles. The van der Waals surface area contributed by atoms with Gasteiger partial charge < -0.3 is 19.2 Å². The topological polar surface area (TPSA) is 91.0 Å². The minimum Gasteiger partial charge on any atom is -0.465 e. The fourth-order valence-corrected chi connectivity index (χ4v) is 5.77. The summed E-state index contributed by atoms with van der Waals surface area (Å²) in [5, 5.41) is 14.6. The number of anilines is 1. The van der Waals surface area contributed by atoms with Gasteiger partial charge in [0.25, 0.3) is 0 Å². The molecule has 4 rings (SSSR count). The van der Waals surface area contributed by atoms with Crippen molar-refractivity contribution in [3.05, 3.63) is 70.1 Å². The number of nitrogens with one attached hydrogen (secondary N) is 1. The van der Waals surface area contributed by atoms with Crippen molar-refractivity contribution in [1.29, 1.82) is 0 Å². The molecule has 0 unspecified atom stereocenters. The molecule has 0 aliphatic carbocycles. The number of amides is 1. The van der Waals surface area contributed by atoms with Crippen LogP contribution in [0.1, 0.15) is 39.9 Å². The molecule has 188 valence electrons. The van der Waals surface area contributed by atoms with Crippen LogP contribution in [-0.4, -0.2) is 44.1 Å². The summed E-state index contributed by atoms with van der Waals surface area (Å²) in [6, 6.07) is 10.1. The standard InChI is InChI=1S/C26H29N5O3S2/c1-6-31-21(13-18-8-7-11-30(18)4)28-29-26(31)36-15-22(32)27-24-23(25(33)34-5)20(14-35-24)19-12-16(2)9-10-17(19)3/h7-12,14H,6,13,15H2,1-5H3,(H,27,32). The zero-order valence-electron chi connectivity index (χ0n) is 21.0. The molecule has 0 spiro atoms. The number of hydrogen-bond acceptors (Lipinski definition) is 7. The summed E-state index contributed by atoms with van der Waals surface area (Å²) in [5.41, 5.74) is 5.35. The van der Waals surface area contributed by atoms with Crippen LogP contribution in [0.15, 0.2) is 47.1 Å². The maximum atomic E-state index is 12.9.